The lowest BCUT2D eigenvalue weighted by Crippen LogP contribution is -2.29. The summed E-state index contributed by atoms with van der Waals surface area (Å²) in [7, 11) is 0. The van der Waals surface area contributed by atoms with Gasteiger partial charge in [-0.1, -0.05) is 0 Å². The Labute approximate surface area is 99.4 Å². The van der Waals surface area contributed by atoms with Crippen LogP contribution in [0.25, 0.3) is 0 Å². The standard InChI is InChI=1S/C10H17N5O2/c1-7(16)6-12-4-5-13-9-3-2-8(10(11)17)14-15-9/h2-3,7,12,16H,4-6H2,1H3,(H2,11,17)(H,13,15). The monoisotopic (exact) mass is 239 g/mol. The summed E-state index contributed by atoms with van der Waals surface area (Å²) in [6, 6.07) is 3.16. The number of aliphatic hydroxyl groups excluding tert-OH is 1. The van der Waals surface area contributed by atoms with Crippen molar-refractivity contribution in [3.05, 3.63) is 17.8 Å². The van der Waals surface area contributed by atoms with Gasteiger partial charge in [0.2, 0.25) is 0 Å². The molecule has 0 bridgehead atoms. The van der Waals surface area contributed by atoms with Crippen molar-refractivity contribution in [3.63, 3.8) is 0 Å². The van der Waals surface area contributed by atoms with E-state index in [-0.39, 0.29) is 11.8 Å². The maximum absolute atomic E-state index is 10.7. The summed E-state index contributed by atoms with van der Waals surface area (Å²) in [5.41, 5.74) is 5.18. The molecular formula is C10H17N5O2. The Morgan fingerprint density at radius 3 is 2.76 bits per heavy atom. The minimum atomic E-state index is -0.595. The Kier molecular flexibility index (Phi) is 5.31. The summed E-state index contributed by atoms with van der Waals surface area (Å²) >= 11 is 0. The molecule has 1 unspecified atom stereocenters. The van der Waals surface area contributed by atoms with E-state index in [4.69, 9.17) is 10.8 Å². The fourth-order valence-electron chi connectivity index (χ4n) is 1.15. The van der Waals surface area contributed by atoms with Crippen LogP contribution in [-0.4, -0.2) is 46.9 Å². The van der Waals surface area contributed by atoms with Crippen molar-refractivity contribution in [3.8, 4) is 0 Å². The van der Waals surface area contributed by atoms with Gasteiger partial charge in [0, 0.05) is 19.6 Å². The summed E-state index contributed by atoms with van der Waals surface area (Å²) in [4.78, 5) is 10.7. The Morgan fingerprint density at radius 2 is 2.24 bits per heavy atom. The van der Waals surface area contributed by atoms with Gasteiger partial charge in [-0.3, -0.25) is 4.79 Å². The molecule has 0 aliphatic carbocycles. The molecule has 94 valence electrons. The minimum absolute atomic E-state index is 0.141. The van der Waals surface area contributed by atoms with E-state index >= 15 is 0 Å². The average Bonchev–Trinajstić information content (AvgIpc) is 2.29. The molecule has 7 heteroatoms. The third-order valence-electron chi connectivity index (χ3n) is 1.96. The van der Waals surface area contributed by atoms with Gasteiger partial charge >= 0.3 is 0 Å². The molecular weight excluding hydrogens is 222 g/mol. The van der Waals surface area contributed by atoms with Crippen LogP contribution in [0.1, 0.15) is 17.4 Å². The lowest BCUT2D eigenvalue weighted by molar-refractivity contribution is 0.0994. The Morgan fingerprint density at radius 1 is 1.47 bits per heavy atom. The predicted molar refractivity (Wildman–Crippen MR) is 63.6 cm³/mol. The molecule has 0 aromatic carbocycles. The van der Waals surface area contributed by atoms with Gasteiger partial charge < -0.3 is 21.5 Å². The second-order valence-corrected chi connectivity index (χ2v) is 3.65. The van der Waals surface area contributed by atoms with Crippen molar-refractivity contribution in [2.45, 2.75) is 13.0 Å². The molecule has 1 amide bonds. The van der Waals surface area contributed by atoms with Crippen LogP contribution in [-0.2, 0) is 0 Å². The van der Waals surface area contributed by atoms with Gasteiger partial charge in [-0.25, -0.2) is 0 Å². The molecule has 1 atom stereocenters. The van der Waals surface area contributed by atoms with E-state index in [9.17, 15) is 4.79 Å². The number of aliphatic hydroxyl groups is 1. The fraction of sp³-hybridized carbons (Fsp3) is 0.500. The molecule has 0 saturated carbocycles. The van der Waals surface area contributed by atoms with Crippen LogP contribution in [0.15, 0.2) is 12.1 Å². The highest BCUT2D eigenvalue weighted by molar-refractivity contribution is 5.90. The van der Waals surface area contributed by atoms with Crippen LogP contribution < -0.4 is 16.4 Å². The van der Waals surface area contributed by atoms with E-state index in [1.807, 2.05) is 0 Å². The number of rotatable bonds is 7. The number of amides is 1. The van der Waals surface area contributed by atoms with Crippen LogP contribution in [0.4, 0.5) is 5.82 Å². The summed E-state index contributed by atoms with van der Waals surface area (Å²) in [6.45, 7) is 3.61. The zero-order valence-corrected chi connectivity index (χ0v) is 9.68. The van der Waals surface area contributed by atoms with E-state index < -0.39 is 5.91 Å². The van der Waals surface area contributed by atoms with Gasteiger partial charge in [-0.15, -0.1) is 10.2 Å². The number of primary amides is 1. The molecule has 0 fully saturated rings. The van der Waals surface area contributed by atoms with Crippen LogP contribution >= 0.6 is 0 Å². The molecule has 1 aromatic heterocycles. The van der Waals surface area contributed by atoms with Gasteiger partial charge in [0.15, 0.2) is 5.69 Å². The molecule has 1 rings (SSSR count). The van der Waals surface area contributed by atoms with Crippen molar-refractivity contribution in [1.29, 1.82) is 0 Å². The van der Waals surface area contributed by atoms with E-state index in [0.29, 0.717) is 25.5 Å². The quantitative estimate of drug-likeness (QED) is 0.452. The lowest BCUT2D eigenvalue weighted by atomic mass is 10.3. The van der Waals surface area contributed by atoms with Crippen molar-refractivity contribution in [2.24, 2.45) is 5.73 Å². The summed E-state index contributed by atoms with van der Waals surface area (Å²) in [5, 5.41) is 22.5. The first-order valence-corrected chi connectivity index (χ1v) is 5.36. The number of carbonyl (C=O) groups is 1. The SMILES string of the molecule is CC(O)CNCCNc1ccc(C(N)=O)nn1. The Bertz CT molecular complexity index is 352. The molecule has 0 aliphatic rings. The number of nitrogens with two attached hydrogens (primary N) is 1. The molecule has 1 heterocycles. The maximum Gasteiger partial charge on any atom is 0.269 e. The third kappa shape index (κ3) is 5.23. The largest absolute Gasteiger partial charge is 0.392 e. The second kappa shape index (κ2) is 6.77. The first kappa shape index (κ1) is 13.3. The van der Waals surface area contributed by atoms with E-state index in [1.54, 1.807) is 13.0 Å². The highest BCUT2D eigenvalue weighted by atomic mass is 16.3. The number of nitrogens with one attached hydrogen (secondary N) is 2. The van der Waals surface area contributed by atoms with Crippen LogP contribution in [0.3, 0.4) is 0 Å². The van der Waals surface area contributed by atoms with Gasteiger partial charge in [0.25, 0.3) is 5.91 Å². The summed E-state index contributed by atoms with van der Waals surface area (Å²) < 4.78 is 0. The summed E-state index contributed by atoms with van der Waals surface area (Å²) in [6.07, 6.45) is -0.357. The molecule has 0 spiro atoms. The average molecular weight is 239 g/mol. The fourth-order valence-corrected chi connectivity index (χ4v) is 1.15. The first-order chi connectivity index (χ1) is 8.09. The van der Waals surface area contributed by atoms with Gasteiger partial charge in [-0.05, 0) is 19.1 Å². The van der Waals surface area contributed by atoms with Crippen LogP contribution in [0, 0.1) is 0 Å². The lowest BCUT2D eigenvalue weighted by Gasteiger charge is -2.08. The van der Waals surface area contributed by atoms with E-state index in [0.717, 1.165) is 0 Å². The van der Waals surface area contributed by atoms with Crippen molar-refractivity contribution in [1.82, 2.24) is 15.5 Å². The number of hydrogen-bond acceptors (Lipinski definition) is 6. The molecule has 0 saturated heterocycles. The number of carbonyl (C=O) groups excluding carboxylic acids is 1. The van der Waals surface area contributed by atoms with Gasteiger partial charge in [0.1, 0.15) is 5.82 Å². The molecule has 0 radical (unpaired) electrons. The second-order valence-electron chi connectivity index (χ2n) is 3.65. The van der Waals surface area contributed by atoms with Crippen molar-refractivity contribution < 1.29 is 9.90 Å². The molecule has 5 N–H and O–H groups in total. The topological polar surface area (TPSA) is 113 Å². The normalized spacial score (nSPS) is 12.1. The highest BCUT2D eigenvalue weighted by Gasteiger charge is 2.02. The number of anilines is 1. The van der Waals surface area contributed by atoms with Crippen LogP contribution in [0.5, 0.6) is 0 Å². The number of nitrogens with zero attached hydrogens (tertiary/aromatic N) is 2. The summed E-state index contributed by atoms with van der Waals surface area (Å²) in [5.74, 6) is -0.0171. The number of aromatic nitrogens is 2. The Hall–Kier alpha value is -1.73. The highest BCUT2D eigenvalue weighted by Crippen LogP contribution is 2.00. The first-order valence-electron chi connectivity index (χ1n) is 5.36. The minimum Gasteiger partial charge on any atom is -0.392 e. The molecule has 17 heavy (non-hydrogen) atoms. The van der Waals surface area contributed by atoms with Gasteiger partial charge in [0.05, 0.1) is 6.10 Å². The third-order valence-corrected chi connectivity index (χ3v) is 1.96. The van der Waals surface area contributed by atoms with E-state index in [1.165, 1.54) is 6.07 Å². The molecule has 1 aromatic rings. The van der Waals surface area contributed by atoms with Crippen LogP contribution in [0.2, 0.25) is 0 Å². The molecule has 0 aliphatic heterocycles. The smallest absolute Gasteiger partial charge is 0.269 e. The molecule has 7 nitrogen and oxygen atoms in total. The predicted octanol–water partition coefficient (Wildman–Crippen LogP) is -1.04. The van der Waals surface area contributed by atoms with Crippen molar-refractivity contribution >= 4 is 11.7 Å². The zero-order chi connectivity index (χ0) is 12.7. The Balaban J connectivity index is 2.25. The number of hydrogen-bond donors (Lipinski definition) is 4. The van der Waals surface area contributed by atoms with E-state index in [2.05, 4.69) is 20.8 Å². The van der Waals surface area contributed by atoms with Gasteiger partial charge in [-0.2, -0.15) is 0 Å². The zero-order valence-electron chi connectivity index (χ0n) is 9.68. The van der Waals surface area contributed by atoms with Crippen molar-refractivity contribution in [2.75, 3.05) is 25.0 Å². The maximum atomic E-state index is 10.7.